The van der Waals surface area contributed by atoms with Gasteiger partial charge in [0.05, 0.1) is 11.5 Å². The number of anilines is 1. The number of ether oxygens (including phenoxy) is 1. The second-order valence-corrected chi connectivity index (χ2v) is 11.6. The number of alkyl halides is 2. The fraction of sp³-hybridized carbons (Fsp3) is 0.538. The van der Waals surface area contributed by atoms with E-state index in [2.05, 4.69) is 23.1 Å². The Labute approximate surface area is 192 Å². The van der Waals surface area contributed by atoms with Crippen molar-refractivity contribution in [3.63, 3.8) is 0 Å². The minimum Gasteiger partial charge on any atom is -0.387 e. The molecule has 3 unspecified atom stereocenters. The molecule has 0 aliphatic carbocycles. The number of aromatic amines is 1. The summed E-state index contributed by atoms with van der Waals surface area (Å²) in [6, 6.07) is 1.18. The molecule has 0 amide bonds. The van der Waals surface area contributed by atoms with Crippen molar-refractivity contribution < 1.29 is 65.0 Å². The molecular formula is C13H19F2N4O13P3. The van der Waals surface area contributed by atoms with Crippen LogP contribution in [-0.2, 0) is 31.6 Å². The van der Waals surface area contributed by atoms with Gasteiger partial charge < -0.3 is 39.7 Å². The van der Waals surface area contributed by atoms with Crippen LogP contribution in [0.3, 0.4) is 0 Å². The summed E-state index contributed by atoms with van der Waals surface area (Å²) < 4.78 is 81.4. The quantitative estimate of drug-likeness (QED) is 0.195. The second kappa shape index (κ2) is 9.37. The van der Waals surface area contributed by atoms with Crippen molar-refractivity contribution >= 4 is 40.4 Å². The molecule has 1 fully saturated rings. The Kier molecular flexibility index (Phi) is 7.49. The van der Waals surface area contributed by atoms with Gasteiger partial charge in [-0.2, -0.15) is 13.6 Å². The van der Waals surface area contributed by atoms with Crippen molar-refractivity contribution in [2.45, 2.75) is 37.1 Å². The van der Waals surface area contributed by atoms with E-state index in [1.165, 1.54) is 6.07 Å². The highest BCUT2D eigenvalue weighted by atomic mass is 31.3. The first-order chi connectivity index (χ1) is 15.9. The van der Waals surface area contributed by atoms with E-state index < -0.39 is 65.9 Å². The zero-order chi connectivity index (χ0) is 26.6. The van der Waals surface area contributed by atoms with E-state index in [9.17, 15) is 37.8 Å². The van der Waals surface area contributed by atoms with Crippen molar-refractivity contribution in [2.24, 2.45) is 0 Å². The maximum absolute atomic E-state index is 15.6. The fourth-order valence-electron chi connectivity index (χ4n) is 3.38. The van der Waals surface area contributed by atoms with Crippen LogP contribution in [0.1, 0.15) is 13.2 Å². The molecule has 7 atom stereocenters. The third-order valence-electron chi connectivity index (χ3n) is 4.73. The number of nitrogens with two attached hydrogens (primary N) is 1. The standard InChI is InChI=1S/C13H19F2N4O13P3/c1-5(30-34(25,26)32-35(27,28)31-33(22,23)24)7-8(20)13(15,4-14)11(29-7)19-3-2-6-9(19)17-12(16)18-10(6)21/h2-3,5,7-8,11,20H,4H2,1H3,(H,25,26)(H,27,28)(H2,22,23,24)(H3,16,17,18,21)/t5-,7-,8?,11-,13-/m1/s1. The molecular weight excluding hydrogens is 551 g/mol. The predicted molar refractivity (Wildman–Crippen MR) is 109 cm³/mol. The molecule has 22 heteroatoms. The SMILES string of the molecule is C[C@@H](OP(=O)(O)OP(=O)(O)OP(=O)(O)O)[C@H]1O[C@@H](n2ccc3c(=O)[nH]c(N)nc32)[C@@](F)(CF)C1O. The molecule has 1 saturated heterocycles. The molecule has 198 valence electrons. The molecule has 17 nitrogen and oxygen atoms in total. The van der Waals surface area contributed by atoms with Crippen molar-refractivity contribution in [2.75, 3.05) is 12.4 Å². The van der Waals surface area contributed by atoms with E-state index in [1.807, 2.05) is 0 Å². The highest BCUT2D eigenvalue weighted by molar-refractivity contribution is 7.66. The average Bonchev–Trinajstić information content (AvgIpc) is 3.18. The Morgan fingerprint density at radius 3 is 2.49 bits per heavy atom. The van der Waals surface area contributed by atoms with Gasteiger partial charge in [-0.3, -0.25) is 14.3 Å². The lowest BCUT2D eigenvalue weighted by Crippen LogP contribution is -2.46. The largest absolute Gasteiger partial charge is 0.490 e. The van der Waals surface area contributed by atoms with Crippen molar-refractivity contribution in [3.05, 3.63) is 22.6 Å². The molecule has 2 aromatic heterocycles. The summed E-state index contributed by atoms with van der Waals surface area (Å²) in [4.78, 5) is 54.0. The molecule has 8 N–H and O–H groups in total. The number of fused-ring (bicyclic) bond motifs is 1. The van der Waals surface area contributed by atoms with Crippen molar-refractivity contribution in [1.29, 1.82) is 0 Å². The van der Waals surface area contributed by atoms with E-state index in [0.717, 1.165) is 17.7 Å². The minimum atomic E-state index is -5.85. The number of nitrogens with one attached hydrogen (secondary N) is 1. The third-order valence-corrected chi connectivity index (χ3v) is 8.66. The lowest BCUT2D eigenvalue weighted by Gasteiger charge is -2.27. The number of phosphoric acid groups is 3. The van der Waals surface area contributed by atoms with Gasteiger partial charge in [0.2, 0.25) is 11.6 Å². The molecule has 1 aliphatic heterocycles. The van der Waals surface area contributed by atoms with Gasteiger partial charge in [0.15, 0.2) is 11.9 Å². The Hall–Kier alpha value is -1.59. The molecule has 0 saturated carbocycles. The summed E-state index contributed by atoms with van der Waals surface area (Å²) in [5.41, 5.74) is 1.29. The van der Waals surface area contributed by atoms with Crippen LogP contribution in [0.4, 0.5) is 14.7 Å². The first-order valence-corrected chi connectivity index (χ1v) is 13.7. The number of aliphatic hydroxyl groups is 1. The average molecular weight is 570 g/mol. The maximum Gasteiger partial charge on any atom is 0.490 e. The summed E-state index contributed by atoms with van der Waals surface area (Å²) in [7, 11) is -17.2. The van der Waals surface area contributed by atoms with Crippen LogP contribution in [0.5, 0.6) is 0 Å². The Morgan fingerprint density at radius 1 is 1.29 bits per heavy atom. The Bertz CT molecular complexity index is 1320. The maximum atomic E-state index is 15.6. The van der Waals surface area contributed by atoms with Gasteiger partial charge in [-0.1, -0.05) is 0 Å². The highest BCUT2D eigenvalue weighted by Crippen LogP contribution is 2.66. The number of phosphoric ester groups is 1. The monoisotopic (exact) mass is 570 g/mol. The molecule has 1 aliphatic rings. The zero-order valence-corrected chi connectivity index (χ0v) is 19.9. The smallest absolute Gasteiger partial charge is 0.387 e. The lowest BCUT2D eigenvalue weighted by molar-refractivity contribution is -0.0816. The van der Waals surface area contributed by atoms with Gasteiger partial charge in [-0.25, -0.2) is 22.5 Å². The normalized spacial score (nSPS) is 29.7. The van der Waals surface area contributed by atoms with Crippen LogP contribution in [-0.4, -0.2) is 69.9 Å². The summed E-state index contributed by atoms with van der Waals surface area (Å²) in [6.45, 7) is -0.947. The van der Waals surface area contributed by atoms with Crippen LogP contribution < -0.4 is 11.3 Å². The number of rotatable bonds is 9. The van der Waals surface area contributed by atoms with Crippen molar-refractivity contribution in [1.82, 2.24) is 14.5 Å². The van der Waals surface area contributed by atoms with Gasteiger partial charge in [0.25, 0.3) is 5.56 Å². The zero-order valence-electron chi connectivity index (χ0n) is 17.2. The lowest BCUT2D eigenvalue weighted by atomic mass is 9.95. The number of aromatic nitrogens is 3. The van der Waals surface area contributed by atoms with Crippen LogP contribution in [0.2, 0.25) is 0 Å². The van der Waals surface area contributed by atoms with E-state index in [1.54, 1.807) is 0 Å². The predicted octanol–water partition coefficient (Wildman–Crippen LogP) is -0.0253. The van der Waals surface area contributed by atoms with E-state index in [4.69, 9.17) is 20.3 Å². The number of halogens is 2. The molecule has 2 aromatic rings. The minimum absolute atomic E-state index is 0.0942. The number of H-pyrrole nitrogens is 1. The van der Waals surface area contributed by atoms with Gasteiger partial charge in [-0.15, -0.1) is 0 Å². The second-order valence-electron chi connectivity index (χ2n) is 7.27. The van der Waals surface area contributed by atoms with Gasteiger partial charge in [-0.05, 0) is 13.0 Å². The molecule has 0 aromatic carbocycles. The molecule has 0 bridgehead atoms. The van der Waals surface area contributed by atoms with Gasteiger partial charge in [0, 0.05) is 6.20 Å². The van der Waals surface area contributed by atoms with Crippen molar-refractivity contribution in [3.8, 4) is 0 Å². The molecule has 3 rings (SSSR count). The van der Waals surface area contributed by atoms with Crippen LogP contribution >= 0.6 is 23.5 Å². The molecule has 35 heavy (non-hydrogen) atoms. The van der Waals surface area contributed by atoms with Crippen LogP contribution in [0.15, 0.2) is 17.1 Å². The van der Waals surface area contributed by atoms with E-state index in [-0.39, 0.29) is 17.0 Å². The van der Waals surface area contributed by atoms with Gasteiger partial charge in [0.1, 0.15) is 18.9 Å². The fourth-order valence-corrected chi connectivity index (χ4v) is 6.58. The molecule has 0 radical (unpaired) electrons. The molecule has 0 spiro atoms. The van der Waals surface area contributed by atoms with Gasteiger partial charge >= 0.3 is 23.5 Å². The summed E-state index contributed by atoms with van der Waals surface area (Å²) in [6.07, 6.45) is -7.10. The number of nitrogen functional groups attached to an aromatic ring is 1. The third kappa shape index (κ3) is 5.88. The number of nitrogens with zero attached hydrogens (tertiary/aromatic N) is 2. The summed E-state index contributed by atoms with van der Waals surface area (Å²) in [5.74, 6) is -0.372. The Balaban J connectivity index is 1.88. The van der Waals surface area contributed by atoms with Crippen LogP contribution in [0, 0.1) is 0 Å². The van der Waals surface area contributed by atoms with E-state index in [0.29, 0.717) is 0 Å². The van der Waals surface area contributed by atoms with Crippen LogP contribution in [0.25, 0.3) is 11.0 Å². The number of aliphatic hydroxyl groups excluding tert-OH is 1. The number of hydrogen-bond donors (Lipinski definition) is 7. The summed E-state index contributed by atoms with van der Waals surface area (Å²) in [5, 5.41) is 10.3. The topological polar surface area (TPSA) is 266 Å². The summed E-state index contributed by atoms with van der Waals surface area (Å²) >= 11 is 0. The molecule has 3 heterocycles. The van der Waals surface area contributed by atoms with E-state index >= 15 is 4.39 Å². The Morgan fingerprint density at radius 2 is 1.91 bits per heavy atom. The number of hydrogen-bond acceptors (Lipinski definition) is 11. The first kappa shape index (κ1) is 28.0. The highest BCUT2D eigenvalue weighted by Gasteiger charge is 2.61. The first-order valence-electron chi connectivity index (χ1n) is 9.16.